The number of amides is 2. The van der Waals surface area contributed by atoms with Gasteiger partial charge in [-0.05, 0) is 30.4 Å². The molecule has 0 bridgehead atoms. The van der Waals surface area contributed by atoms with Crippen LogP contribution < -0.4 is 5.73 Å². The lowest BCUT2D eigenvalue weighted by atomic mass is 9.96. The van der Waals surface area contributed by atoms with Gasteiger partial charge >= 0.3 is 0 Å². The van der Waals surface area contributed by atoms with Crippen LogP contribution in [-0.4, -0.2) is 29.5 Å². The predicted molar refractivity (Wildman–Crippen MR) is 75.6 cm³/mol. The number of hydrogen-bond donors (Lipinski definition) is 1. The molecule has 0 saturated carbocycles. The summed E-state index contributed by atoms with van der Waals surface area (Å²) < 4.78 is 0. The average molecular weight is 278 g/mol. The molecule has 1 aromatic carbocycles. The minimum absolute atomic E-state index is 0.104. The molecule has 2 rings (SSSR count). The summed E-state index contributed by atoms with van der Waals surface area (Å²) in [5.74, 6) is -0.413. The van der Waals surface area contributed by atoms with Gasteiger partial charge in [-0.1, -0.05) is 12.1 Å². The fourth-order valence-corrected chi connectivity index (χ4v) is 2.77. The first-order valence-electron chi connectivity index (χ1n) is 6.30. The molecule has 19 heavy (non-hydrogen) atoms. The molecular weight excluding hydrogens is 260 g/mol. The van der Waals surface area contributed by atoms with E-state index in [-0.39, 0.29) is 17.7 Å². The van der Waals surface area contributed by atoms with Crippen molar-refractivity contribution in [2.45, 2.75) is 24.3 Å². The van der Waals surface area contributed by atoms with Crippen molar-refractivity contribution in [3.8, 4) is 0 Å². The molecule has 1 heterocycles. The number of likely N-dealkylation sites (tertiary alicyclic amines) is 1. The molecule has 1 atom stereocenters. The third-order valence-electron chi connectivity index (χ3n) is 3.41. The molecular formula is C14H18N2O2S. The molecule has 1 aliphatic rings. The first-order chi connectivity index (χ1) is 9.10. The smallest absolute Gasteiger partial charge is 0.222 e. The Kier molecular flexibility index (Phi) is 4.47. The second kappa shape index (κ2) is 6.10. The van der Waals surface area contributed by atoms with Crippen molar-refractivity contribution in [1.82, 2.24) is 4.90 Å². The van der Waals surface area contributed by atoms with Gasteiger partial charge in [-0.25, -0.2) is 0 Å². The van der Waals surface area contributed by atoms with Gasteiger partial charge in [0.05, 0.1) is 5.92 Å². The van der Waals surface area contributed by atoms with Crippen molar-refractivity contribution in [2.75, 3.05) is 12.8 Å². The van der Waals surface area contributed by atoms with Crippen molar-refractivity contribution < 1.29 is 9.59 Å². The third kappa shape index (κ3) is 3.50. The maximum atomic E-state index is 11.9. The maximum Gasteiger partial charge on any atom is 0.222 e. The van der Waals surface area contributed by atoms with Crippen LogP contribution in [0.25, 0.3) is 0 Å². The predicted octanol–water partition coefficient (Wildman–Crippen LogP) is 1.63. The molecule has 0 spiro atoms. The summed E-state index contributed by atoms with van der Waals surface area (Å²) in [6.45, 7) is 0.995. The largest absolute Gasteiger partial charge is 0.369 e. The number of nitrogens with two attached hydrogens (primary N) is 1. The first-order valence-corrected chi connectivity index (χ1v) is 7.52. The minimum Gasteiger partial charge on any atom is -0.369 e. The molecule has 1 saturated heterocycles. The summed E-state index contributed by atoms with van der Waals surface area (Å²) in [6.07, 6.45) is 3.01. The fourth-order valence-electron chi connectivity index (χ4n) is 2.29. The summed E-state index contributed by atoms with van der Waals surface area (Å²) in [4.78, 5) is 26.0. The second-order valence-corrected chi connectivity index (χ2v) is 5.64. The molecule has 4 nitrogen and oxygen atoms in total. The van der Waals surface area contributed by atoms with Crippen LogP contribution in [0.3, 0.4) is 0 Å². The second-order valence-electron chi connectivity index (χ2n) is 4.76. The van der Waals surface area contributed by atoms with E-state index >= 15 is 0 Å². The van der Waals surface area contributed by atoms with Crippen LogP contribution in [0, 0.1) is 5.92 Å². The van der Waals surface area contributed by atoms with E-state index in [1.807, 2.05) is 24.5 Å². The molecule has 0 aliphatic carbocycles. The lowest BCUT2D eigenvalue weighted by Gasteiger charge is -2.31. The highest BCUT2D eigenvalue weighted by molar-refractivity contribution is 7.98. The van der Waals surface area contributed by atoms with Crippen LogP contribution >= 0.6 is 11.8 Å². The molecule has 0 aromatic heterocycles. The average Bonchev–Trinajstić information content (AvgIpc) is 2.41. The molecule has 2 amide bonds. The summed E-state index contributed by atoms with van der Waals surface area (Å²) in [6, 6.07) is 8.10. The number of carbonyl (C=O) groups is 2. The molecule has 0 unspecified atom stereocenters. The van der Waals surface area contributed by atoms with E-state index in [2.05, 4.69) is 6.07 Å². The van der Waals surface area contributed by atoms with Gasteiger partial charge < -0.3 is 10.6 Å². The van der Waals surface area contributed by atoms with Gasteiger partial charge in [0, 0.05) is 24.4 Å². The highest BCUT2D eigenvalue weighted by Crippen LogP contribution is 2.21. The van der Waals surface area contributed by atoms with Crippen LogP contribution in [0.4, 0.5) is 0 Å². The van der Waals surface area contributed by atoms with Crippen molar-refractivity contribution >= 4 is 23.6 Å². The van der Waals surface area contributed by atoms with Gasteiger partial charge in [-0.15, -0.1) is 11.8 Å². The van der Waals surface area contributed by atoms with Gasteiger partial charge in [0.2, 0.25) is 11.8 Å². The summed E-state index contributed by atoms with van der Waals surface area (Å²) in [7, 11) is 0. The van der Waals surface area contributed by atoms with Gasteiger partial charge in [-0.3, -0.25) is 9.59 Å². The quantitative estimate of drug-likeness (QED) is 0.851. The number of piperidine rings is 1. The normalized spacial score (nSPS) is 19.5. The van der Waals surface area contributed by atoms with E-state index in [4.69, 9.17) is 5.73 Å². The summed E-state index contributed by atoms with van der Waals surface area (Å²) in [5, 5.41) is 0. The number of carbonyl (C=O) groups excluding carboxylic acids is 2. The van der Waals surface area contributed by atoms with Crippen LogP contribution in [-0.2, 0) is 16.1 Å². The summed E-state index contributed by atoms with van der Waals surface area (Å²) in [5.41, 5.74) is 6.42. The zero-order chi connectivity index (χ0) is 13.8. The van der Waals surface area contributed by atoms with Crippen LogP contribution in [0.5, 0.6) is 0 Å². The number of primary amides is 1. The third-order valence-corrected chi connectivity index (χ3v) is 4.14. The number of rotatable bonds is 4. The fraction of sp³-hybridized carbons (Fsp3) is 0.429. The van der Waals surface area contributed by atoms with Crippen LogP contribution in [0.1, 0.15) is 18.4 Å². The number of hydrogen-bond acceptors (Lipinski definition) is 3. The zero-order valence-electron chi connectivity index (χ0n) is 11.0. The Morgan fingerprint density at radius 2 is 2.32 bits per heavy atom. The van der Waals surface area contributed by atoms with Crippen molar-refractivity contribution in [2.24, 2.45) is 11.7 Å². The van der Waals surface area contributed by atoms with Gasteiger partial charge in [0.15, 0.2) is 0 Å². The van der Waals surface area contributed by atoms with E-state index in [0.29, 0.717) is 25.9 Å². The monoisotopic (exact) mass is 278 g/mol. The van der Waals surface area contributed by atoms with E-state index in [9.17, 15) is 9.59 Å². The Hall–Kier alpha value is -1.49. The van der Waals surface area contributed by atoms with Crippen LogP contribution in [0.2, 0.25) is 0 Å². The molecule has 1 aliphatic heterocycles. The zero-order valence-corrected chi connectivity index (χ0v) is 11.8. The van der Waals surface area contributed by atoms with Crippen molar-refractivity contribution in [3.05, 3.63) is 29.8 Å². The van der Waals surface area contributed by atoms with Gasteiger partial charge in [-0.2, -0.15) is 0 Å². The van der Waals surface area contributed by atoms with E-state index in [1.54, 1.807) is 16.7 Å². The minimum atomic E-state index is -0.310. The Balaban J connectivity index is 2.07. The van der Waals surface area contributed by atoms with E-state index in [0.717, 1.165) is 5.56 Å². The molecule has 0 radical (unpaired) electrons. The highest BCUT2D eigenvalue weighted by atomic mass is 32.2. The standard InChI is InChI=1S/C14H18N2O2S/c1-19-12-4-2-3-10(7-12)8-16-9-11(14(15)18)5-6-13(16)17/h2-4,7,11H,5-6,8-9H2,1H3,(H2,15,18)/t11-/m0/s1. The van der Waals surface area contributed by atoms with Crippen molar-refractivity contribution in [1.29, 1.82) is 0 Å². The van der Waals surface area contributed by atoms with Crippen molar-refractivity contribution in [3.63, 3.8) is 0 Å². The van der Waals surface area contributed by atoms with E-state index in [1.165, 1.54) is 4.90 Å². The molecule has 2 N–H and O–H groups in total. The Labute approximate surface area is 117 Å². The highest BCUT2D eigenvalue weighted by Gasteiger charge is 2.28. The Morgan fingerprint density at radius 3 is 3.00 bits per heavy atom. The van der Waals surface area contributed by atoms with E-state index < -0.39 is 0 Å². The van der Waals surface area contributed by atoms with Crippen LogP contribution in [0.15, 0.2) is 29.2 Å². The Bertz CT molecular complexity index is 490. The number of thioether (sulfide) groups is 1. The molecule has 1 fully saturated rings. The number of nitrogens with zero attached hydrogens (tertiary/aromatic N) is 1. The lowest BCUT2D eigenvalue weighted by Crippen LogP contribution is -2.43. The lowest BCUT2D eigenvalue weighted by molar-refractivity contribution is -0.138. The number of benzene rings is 1. The molecule has 102 valence electrons. The van der Waals surface area contributed by atoms with Gasteiger partial charge in [0.1, 0.15) is 0 Å². The molecule has 1 aromatic rings. The SMILES string of the molecule is CSc1cccc(CN2C[C@@H](C(N)=O)CCC2=O)c1. The topological polar surface area (TPSA) is 63.4 Å². The summed E-state index contributed by atoms with van der Waals surface area (Å²) >= 11 is 1.67. The maximum absolute atomic E-state index is 11.9. The molecule has 5 heteroatoms. The Morgan fingerprint density at radius 1 is 1.53 bits per heavy atom. The first kappa shape index (κ1) is 13.9. The van der Waals surface area contributed by atoms with Gasteiger partial charge in [0.25, 0.3) is 0 Å².